The summed E-state index contributed by atoms with van der Waals surface area (Å²) < 4.78 is 11.5. The van der Waals surface area contributed by atoms with Crippen molar-refractivity contribution in [2.45, 2.75) is 12.5 Å². The van der Waals surface area contributed by atoms with Gasteiger partial charge >= 0.3 is 14.1 Å². The zero-order chi connectivity index (χ0) is 10.7. The van der Waals surface area contributed by atoms with Crippen LogP contribution in [-0.2, 0) is 15.8 Å². The number of imidazole rings is 1. The van der Waals surface area contributed by atoms with E-state index in [2.05, 4.69) is 4.98 Å². The number of carboxylic acid groups (broad SMARTS) is 1. The highest BCUT2D eigenvalue weighted by molar-refractivity contribution is 7.34. The highest BCUT2D eigenvalue weighted by atomic mass is 31.1. The Hall–Kier alpha value is -1.30. The second-order valence-corrected chi connectivity index (χ2v) is 3.52. The van der Waals surface area contributed by atoms with Crippen molar-refractivity contribution in [3.63, 3.8) is 0 Å². The first-order valence-electron chi connectivity index (χ1n) is 3.66. The van der Waals surface area contributed by atoms with Gasteiger partial charge < -0.3 is 15.7 Å². The van der Waals surface area contributed by atoms with E-state index in [0.29, 0.717) is 0 Å². The molecule has 0 saturated heterocycles. The van der Waals surface area contributed by atoms with Gasteiger partial charge in [0.15, 0.2) is 0 Å². The van der Waals surface area contributed by atoms with Crippen molar-refractivity contribution in [1.82, 2.24) is 9.32 Å². The topological polar surface area (TPSA) is 121 Å². The Morgan fingerprint density at radius 2 is 2.50 bits per heavy atom. The second kappa shape index (κ2) is 4.28. The fourth-order valence-corrected chi connectivity index (χ4v) is 1.41. The van der Waals surface area contributed by atoms with Crippen molar-refractivity contribution in [2.24, 2.45) is 5.73 Å². The normalized spacial score (nSPS) is 13.7. The minimum atomic E-state index is -2.82. The van der Waals surface area contributed by atoms with E-state index in [1.165, 1.54) is 6.20 Å². The van der Waals surface area contributed by atoms with Gasteiger partial charge in [-0.15, -0.1) is 4.34 Å². The summed E-state index contributed by atoms with van der Waals surface area (Å²) in [5.41, 5.74) is 5.50. The third-order valence-electron chi connectivity index (χ3n) is 1.62. The van der Waals surface area contributed by atoms with Gasteiger partial charge in [-0.3, -0.25) is 4.79 Å². The average Bonchev–Trinajstić information content (AvgIpc) is 2.52. The molecular formula is C6H8N3O4P. The number of aliphatic carboxylic acids is 1. The van der Waals surface area contributed by atoms with Gasteiger partial charge in [-0.1, -0.05) is 0 Å². The zero-order valence-electron chi connectivity index (χ0n) is 7.03. The summed E-state index contributed by atoms with van der Waals surface area (Å²) in [4.78, 5) is 24.6. The number of hydrogen-bond acceptors (Lipinski definition) is 5. The van der Waals surface area contributed by atoms with Crippen molar-refractivity contribution in [3.8, 4) is 0 Å². The second-order valence-electron chi connectivity index (χ2n) is 2.62. The fraction of sp³-hybridized carbons (Fsp3) is 0.333. The van der Waals surface area contributed by atoms with Crippen LogP contribution in [0.15, 0.2) is 12.5 Å². The Bertz CT molecular complexity index is 364. The number of rotatable bonds is 4. The maximum absolute atomic E-state index is 10.6. The van der Waals surface area contributed by atoms with Crippen molar-refractivity contribution < 1.29 is 19.4 Å². The lowest BCUT2D eigenvalue weighted by atomic mass is 10.2. The van der Waals surface area contributed by atoms with Gasteiger partial charge in [0.1, 0.15) is 12.4 Å². The van der Waals surface area contributed by atoms with E-state index >= 15 is 0 Å². The molecule has 7 nitrogen and oxygen atoms in total. The maximum atomic E-state index is 10.6. The molecule has 0 saturated carbocycles. The predicted molar refractivity (Wildman–Crippen MR) is 44.5 cm³/mol. The van der Waals surface area contributed by atoms with E-state index in [1.807, 2.05) is 0 Å². The molecule has 8 heteroatoms. The predicted octanol–water partition coefficient (Wildman–Crippen LogP) is -1.30. The first-order valence-corrected chi connectivity index (χ1v) is 4.79. The zero-order valence-corrected chi connectivity index (χ0v) is 7.92. The summed E-state index contributed by atoms with van der Waals surface area (Å²) in [6.45, 7) is 0. The van der Waals surface area contributed by atoms with Crippen molar-refractivity contribution in [3.05, 3.63) is 18.2 Å². The van der Waals surface area contributed by atoms with Crippen LogP contribution in [-0.4, -0.2) is 26.4 Å². The number of nitrogens with two attached hydrogens (primary N) is 1. The molecule has 3 N–H and O–H groups in total. The van der Waals surface area contributed by atoms with Gasteiger partial charge in [0.05, 0.1) is 11.9 Å². The van der Waals surface area contributed by atoms with Gasteiger partial charge in [-0.2, -0.15) is 0 Å². The summed E-state index contributed by atoms with van der Waals surface area (Å²) in [5, 5.41) is 8.50. The van der Waals surface area contributed by atoms with Crippen LogP contribution in [0.3, 0.4) is 0 Å². The van der Waals surface area contributed by atoms with Crippen LogP contribution in [0.1, 0.15) is 5.69 Å². The van der Waals surface area contributed by atoms with Crippen molar-refractivity contribution in [1.29, 1.82) is 0 Å². The SMILES string of the molecule is N[C@@H](Cc1cncn1[P+](=O)[O-])C(=O)O. The largest absolute Gasteiger partial charge is 0.573 e. The number of hydrogen-bond donors (Lipinski definition) is 2. The van der Waals surface area contributed by atoms with Crippen LogP contribution in [0.25, 0.3) is 0 Å². The molecule has 0 amide bonds. The molecule has 0 radical (unpaired) electrons. The standard InChI is InChI=1S/C6H8N3O4P/c7-5(6(10)11)1-4-2-8-3-9(4)14(12)13/h2-3,5H,1,7H2,(H,10,11)/t5-/m0/s1. The van der Waals surface area contributed by atoms with Crippen LogP contribution in [0.2, 0.25) is 0 Å². The third kappa shape index (κ3) is 2.35. The molecule has 1 aromatic heterocycles. The molecular weight excluding hydrogens is 209 g/mol. The van der Waals surface area contributed by atoms with E-state index in [-0.39, 0.29) is 12.1 Å². The smallest absolute Gasteiger partial charge is 0.445 e. The summed E-state index contributed by atoms with van der Waals surface area (Å²) in [5.74, 6) is -1.18. The Morgan fingerprint density at radius 1 is 1.86 bits per heavy atom. The lowest BCUT2D eigenvalue weighted by Gasteiger charge is -2.04. The van der Waals surface area contributed by atoms with Crippen molar-refractivity contribution >= 4 is 14.1 Å². The first kappa shape index (κ1) is 10.8. The first-order chi connectivity index (χ1) is 6.52. The highest BCUT2D eigenvalue weighted by Gasteiger charge is 2.18. The minimum Gasteiger partial charge on any atom is -0.573 e. The van der Waals surface area contributed by atoms with E-state index in [9.17, 15) is 14.3 Å². The van der Waals surface area contributed by atoms with Gasteiger partial charge in [0, 0.05) is 6.42 Å². The number of carboxylic acids is 1. The Kier molecular flexibility index (Phi) is 3.29. The monoisotopic (exact) mass is 217 g/mol. The molecule has 0 spiro atoms. The lowest BCUT2D eigenvalue weighted by molar-refractivity contribution is -0.167. The van der Waals surface area contributed by atoms with Crippen LogP contribution >= 0.6 is 8.18 Å². The van der Waals surface area contributed by atoms with Gasteiger partial charge in [0.25, 0.3) is 0 Å². The average molecular weight is 217 g/mol. The Morgan fingerprint density at radius 3 is 3.00 bits per heavy atom. The summed E-state index contributed by atoms with van der Waals surface area (Å²) in [7, 11) is -2.82. The Labute approximate surface area is 80.1 Å². The molecule has 0 aromatic carbocycles. The molecule has 1 unspecified atom stereocenters. The third-order valence-corrected chi connectivity index (χ3v) is 2.33. The Balaban J connectivity index is 2.81. The minimum absolute atomic E-state index is 0.0708. The number of aromatic nitrogens is 2. The highest BCUT2D eigenvalue weighted by Crippen LogP contribution is 2.16. The van der Waals surface area contributed by atoms with Crippen LogP contribution in [0.4, 0.5) is 0 Å². The maximum Gasteiger partial charge on any atom is 0.445 e. The number of nitrogens with zero attached hydrogens (tertiary/aromatic N) is 2. The van der Waals surface area contributed by atoms with Gasteiger partial charge in [0.2, 0.25) is 0 Å². The number of carbonyl (C=O) groups is 1. The quantitative estimate of drug-likeness (QED) is 0.604. The van der Waals surface area contributed by atoms with E-state index in [0.717, 1.165) is 10.7 Å². The summed E-state index contributed by atoms with van der Waals surface area (Å²) >= 11 is 0. The molecule has 0 aliphatic heterocycles. The summed E-state index contributed by atoms with van der Waals surface area (Å²) in [6.07, 6.45) is 2.29. The van der Waals surface area contributed by atoms with Gasteiger partial charge in [-0.05, 0) is 4.57 Å². The summed E-state index contributed by atoms with van der Waals surface area (Å²) in [6, 6.07) is -1.12. The molecule has 1 aromatic rings. The van der Waals surface area contributed by atoms with Crippen molar-refractivity contribution in [2.75, 3.05) is 0 Å². The van der Waals surface area contributed by atoms with E-state index in [1.54, 1.807) is 0 Å². The van der Waals surface area contributed by atoms with Crippen LogP contribution in [0.5, 0.6) is 0 Å². The molecule has 0 bridgehead atoms. The van der Waals surface area contributed by atoms with E-state index in [4.69, 9.17) is 10.8 Å². The molecule has 1 rings (SSSR count). The van der Waals surface area contributed by atoms with E-state index < -0.39 is 20.2 Å². The van der Waals surface area contributed by atoms with Gasteiger partial charge in [-0.25, -0.2) is 4.98 Å². The molecule has 0 fully saturated rings. The molecule has 14 heavy (non-hydrogen) atoms. The molecule has 2 atom stereocenters. The molecule has 76 valence electrons. The lowest BCUT2D eigenvalue weighted by Crippen LogP contribution is -2.32. The van der Waals surface area contributed by atoms with Crippen LogP contribution < -0.4 is 10.6 Å². The van der Waals surface area contributed by atoms with Crippen LogP contribution in [0, 0.1) is 0 Å². The molecule has 1 heterocycles. The fourth-order valence-electron chi connectivity index (χ4n) is 0.922. The molecule has 0 aliphatic carbocycles. The molecule has 0 aliphatic rings.